The van der Waals surface area contributed by atoms with E-state index in [-0.39, 0.29) is 5.91 Å². The van der Waals surface area contributed by atoms with Crippen LogP contribution in [-0.4, -0.2) is 28.6 Å². The van der Waals surface area contributed by atoms with Crippen molar-refractivity contribution in [1.82, 2.24) is 10.3 Å². The number of alkyl carbamates (subject to hydrolysis) is 1. The molecule has 0 aliphatic heterocycles. The highest BCUT2D eigenvalue weighted by Crippen LogP contribution is 2.34. The van der Waals surface area contributed by atoms with Gasteiger partial charge in [0.1, 0.15) is 17.5 Å². The van der Waals surface area contributed by atoms with Gasteiger partial charge in [-0.2, -0.15) is 0 Å². The highest BCUT2D eigenvalue weighted by Gasteiger charge is 2.28. The molecule has 2 rings (SSSR count). The van der Waals surface area contributed by atoms with Crippen molar-refractivity contribution in [1.29, 1.82) is 0 Å². The first-order valence-corrected chi connectivity index (χ1v) is 8.05. The Labute approximate surface area is 137 Å². The molecule has 23 heavy (non-hydrogen) atoms. The molecule has 0 radical (unpaired) electrons. The number of rotatable bonds is 6. The average Bonchev–Trinajstić information content (AvgIpc) is 3.26. The molecule has 6 heteroatoms. The van der Waals surface area contributed by atoms with Gasteiger partial charge in [0, 0.05) is 6.20 Å². The monoisotopic (exact) mass is 319 g/mol. The van der Waals surface area contributed by atoms with E-state index >= 15 is 0 Å². The Balaban J connectivity index is 1.94. The second kappa shape index (κ2) is 7.44. The molecule has 1 aliphatic rings. The summed E-state index contributed by atoms with van der Waals surface area (Å²) in [6.07, 6.45) is 4.98. The SMILES string of the molecule is CC(C)(C)OC(=O)NC(CCC1CC1)C(=O)Nc1ccccn1. The average molecular weight is 319 g/mol. The smallest absolute Gasteiger partial charge is 0.408 e. The number of carbonyl (C=O) groups is 2. The Hall–Kier alpha value is -2.11. The molecule has 0 bridgehead atoms. The molecule has 126 valence electrons. The number of nitrogens with zero attached hydrogens (tertiary/aromatic N) is 1. The number of nitrogens with one attached hydrogen (secondary N) is 2. The van der Waals surface area contributed by atoms with Crippen LogP contribution >= 0.6 is 0 Å². The van der Waals surface area contributed by atoms with Gasteiger partial charge in [-0.25, -0.2) is 9.78 Å². The van der Waals surface area contributed by atoms with Crippen LogP contribution in [0.2, 0.25) is 0 Å². The van der Waals surface area contributed by atoms with Crippen LogP contribution in [0.3, 0.4) is 0 Å². The Kier molecular flexibility index (Phi) is 5.58. The Bertz CT molecular complexity index is 536. The first kappa shape index (κ1) is 17.2. The number of aromatic nitrogens is 1. The molecule has 1 heterocycles. The summed E-state index contributed by atoms with van der Waals surface area (Å²) in [4.78, 5) is 28.5. The zero-order chi connectivity index (χ0) is 16.9. The maximum Gasteiger partial charge on any atom is 0.408 e. The summed E-state index contributed by atoms with van der Waals surface area (Å²) in [6.45, 7) is 5.37. The molecule has 1 unspecified atom stereocenters. The Morgan fingerprint density at radius 2 is 2.09 bits per heavy atom. The fourth-order valence-corrected chi connectivity index (χ4v) is 2.18. The summed E-state index contributed by atoms with van der Waals surface area (Å²) in [5, 5.41) is 5.41. The van der Waals surface area contributed by atoms with E-state index in [1.807, 2.05) is 0 Å². The van der Waals surface area contributed by atoms with Gasteiger partial charge in [0.2, 0.25) is 5.91 Å². The topological polar surface area (TPSA) is 80.3 Å². The second-order valence-corrected chi connectivity index (χ2v) is 6.92. The van der Waals surface area contributed by atoms with Crippen molar-refractivity contribution in [3.8, 4) is 0 Å². The summed E-state index contributed by atoms with van der Waals surface area (Å²) in [5.74, 6) is 0.885. The van der Waals surface area contributed by atoms with Crippen molar-refractivity contribution in [3.05, 3.63) is 24.4 Å². The third-order valence-corrected chi connectivity index (χ3v) is 3.48. The zero-order valence-corrected chi connectivity index (χ0v) is 14.0. The number of hydrogen-bond donors (Lipinski definition) is 2. The summed E-state index contributed by atoms with van der Waals surface area (Å²) < 4.78 is 5.25. The fourth-order valence-electron chi connectivity index (χ4n) is 2.18. The lowest BCUT2D eigenvalue weighted by Crippen LogP contribution is -2.45. The number of ether oxygens (including phenoxy) is 1. The minimum Gasteiger partial charge on any atom is -0.444 e. The van der Waals surface area contributed by atoms with E-state index in [2.05, 4.69) is 15.6 Å². The molecular weight excluding hydrogens is 294 g/mol. The van der Waals surface area contributed by atoms with Gasteiger partial charge in [-0.3, -0.25) is 4.79 Å². The molecule has 2 N–H and O–H groups in total. The molecule has 0 spiro atoms. The summed E-state index contributed by atoms with van der Waals surface area (Å²) in [5.41, 5.74) is -0.595. The van der Waals surface area contributed by atoms with E-state index < -0.39 is 17.7 Å². The standard InChI is InChI=1S/C17H25N3O3/c1-17(2,3)23-16(22)19-13(10-9-12-7-8-12)15(21)20-14-6-4-5-11-18-14/h4-6,11-13H,7-10H2,1-3H3,(H,19,22)(H,18,20,21). The molecule has 1 aliphatic carbocycles. The lowest BCUT2D eigenvalue weighted by Gasteiger charge is -2.23. The third-order valence-electron chi connectivity index (χ3n) is 3.48. The highest BCUT2D eigenvalue weighted by molar-refractivity contribution is 5.95. The van der Waals surface area contributed by atoms with E-state index in [0.29, 0.717) is 18.2 Å². The molecule has 6 nitrogen and oxygen atoms in total. The van der Waals surface area contributed by atoms with Crippen molar-refractivity contribution < 1.29 is 14.3 Å². The van der Waals surface area contributed by atoms with E-state index in [9.17, 15) is 9.59 Å². The molecule has 1 fully saturated rings. The normalized spacial score (nSPS) is 15.6. The summed E-state index contributed by atoms with van der Waals surface area (Å²) in [6, 6.07) is 4.67. The number of anilines is 1. The molecule has 1 aromatic heterocycles. The fraction of sp³-hybridized carbons (Fsp3) is 0.588. The van der Waals surface area contributed by atoms with Gasteiger partial charge < -0.3 is 15.4 Å². The van der Waals surface area contributed by atoms with Crippen molar-refractivity contribution in [3.63, 3.8) is 0 Å². The molecule has 1 aromatic rings. The number of hydrogen-bond acceptors (Lipinski definition) is 4. The van der Waals surface area contributed by atoms with Crippen LogP contribution in [0.15, 0.2) is 24.4 Å². The van der Waals surface area contributed by atoms with Gasteiger partial charge in [-0.1, -0.05) is 18.9 Å². The maximum absolute atomic E-state index is 12.4. The number of carbonyl (C=O) groups excluding carboxylic acids is 2. The van der Waals surface area contributed by atoms with Gasteiger partial charge >= 0.3 is 6.09 Å². The van der Waals surface area contributed by atoms with Gasteiger partial charge in [0.05, 0.1) is 0 Å². The molecule has 1 saturated carbocycles. The molecule has 1 atom stereocenters. The first-order chi connectivity index (χ1) is 10.8. The summed E-state index contributed by atoms with van der Waals surface area (Å²) in [7, 11) is 0. The first-order valence-electron chi connectivity index (χ1n) is 8.05. The largest absolute Gasteiger partial charge is 0.444 e. The van der Waals surface area contributed by atoms with Gasteiger partial charge in [0.15, 0.2) is 0 Å². The van der Waals surface area contributed by atoms with Crippen molar-refractivity contribution in [2.45, 2.75) is 58.1 Å². The Morgan fingerprint density at radius 3 is 2.65 bits per heavy atom. The minimum absolute atomic E-state index is 0.268. The quantitative estimate of drug-likeness (QED) is 0.844. The predicted molar refractivity (Wildman–Crippen MR) is 88.0 cm³/mol. The minimum atomic E-state index is -0.618. The van der Waals surface area contributed by atoms with Crippen LogP contribution in [0.25, 0.3) is 0 Å². The molecule has 0 aromatic carbocycles. The highest BCUT2D eigenvalue weighted by atomic mass is 16.6. The lowest BCUT2D eigenvalue weighted by atomic mass is 10.1. The second-order valence-electron chi connectivity index (χ2n) is 6.92. The van der Waals surface area contributed by atoms with Crippen molar-refractivity contribution in [2.75, 3.05) is 5.32 Å². The molecule has 2 amide bonds. The third kappa shape index (κ3) is 6.67. The maximum atomic E-state index is 12.4. The van der Waals surface area contributed by atoms with E-state index in [4.69, 9.17) is 4.74 Å². The van der Waals surface area contributed by atoms with Crippen LogP contribution in [-0.2, 0) is 9.53 Å². The molecule has 0 saturated heterocycles. The van der Waals surface area contributed by atoms with Crippen LogP contribution in [0.1, 0.15) is 46.5 Å². The van der Waals surface area contributed by atoms with E-state index in [1.54, 1.807) is 45.2 Å². The predicted octanol–water partition coefficient (Wildman–Crippen LogP) is 3.10. The van der Waals surface area contributed by atoms with Gasteiger partial charge in [0.25, 0.3) is 0 Å². The van der Waals surface area contributed by atoms with Crippen molar-refractivity contribution in [2.24, 2.45) is 5.92 Å². The Morgan fingerprint density at radius 1 is 1.35 bits per heavy atom. The van der Waals surface area contributed by atoms with Crippen LogP contribution in [0.5, 0.6) is 0 Å². The summed E-state index contributed by atoms with van der Waals surface area (Å²) >= 11 is 0. The van der Waals surface area contributed by atoms with Crippen LogP contribution in [0.4, 0.5) is 10.6 Å². The van der Waals surface area contributed by atoms with Gasteiger partial charge in [-0.15, -0.1) is 0 Å². The van der Waals surface area contributed by atoms with Crippen molar-refractivity contribution >= 4 is 17.8 Å². The number of pyridine rings is 1. The van der Waals surface area contributed by atoms with Crippen LogP contribution in [0, 0.1) is 5.92 Å². The van der Waals surface area contributed by atoms with E-state index in [0.717, 1.165) is 6.42 Å². The zero-order valence-electron chi connectivity index (χ0n) is 14.0. The molecular formula is C17H25N3O3. The van der Waals surface area contributed by atoms with Gasteiger partial charge in [-0.05, 0) is 51.7 Å². The van der Waals surface area contributed by atoms with Crippen LogP contribution < -0.4 is 10.6 Å². The lowest BCUT2D eigenvalue weighted by molar-refractivity contribution is -0.118. The number of amides is 2. The van der Waals surface area contributed by atoms with E-state index in [1.165, 1.54) is 12.8 Å².